The van der Waals surface area contributed by atoms with Gasteiger partial charge in [-0.15, -0.1) is 0 Å². The maximum Gasteiger partial charge on any atom is 0.416 e. The fourth-order valence-corrected chi connectivity index (χ4v) is 3.03. The number of benzene rings is 1. The Morgan fingerprint density at radius 2 is 1.65 bits per heavy atom. The zero-order valence-electron chi connectivity index (χ0n) is 15.2. The molecule has 1 aliphatic rings. The number of amides is 2. The lowest BCUT2D eigenvalue weighted by atomic mass is 10.1. The molecule has 1 saturated heterocycles. The summed E-state index contributed by atoms with van der Waals surface area (Å²) in [5.74, 6) is -0.161. The quantitative estimate of drug-likeness (QED) is 0.815. The molecule has 0 aromatic heterocycles. The minimum absolute atomic E-state index is 0.0222. The van der Waals surface area contributed by atoms with Crippen molar-refractivity contribution >= 4 is 11.8 Å². The molecule has 144 valence electrons. The molecule has 5 nitrogen and oxygen atoms in total. The Hall–Kier alpha value is -2.09. The third-order valence-electron chi connectivity index (χ3n) is 4.80. The van der Waals surface area contributed by atoms with Crippen molar-refractivity contribution in [2.24, 2.45) is 0 Å². The highest BCUT2D eigenvalue weighted by Gasteiger charge is 2.34. The summed E-state index contributed by atoms with van der Waals surface area (Å²) in [6.45, 7) is 5.05. The number of hydrogen-bond acceptors (Lipinski definition) is 3. The Morgan fingerprint density at radius 1 is 1.12 bits per heavy atom. The maximum atomic E-state index is 13.1. The zero-order valence-corrected chi connectivity index (χ0v) is 15.2. The highest BCUT2D eigenvalue weighted by atomic mass is 19.4. The first-order valence-corrected chi connectivity index (χ1v) is 8.51. The number of likely N-dealkylation sites (N-methyl/N-ethyl adjacent to an activating group) is 1. The number of hydrogen-bond donors (Lipinski definition) is 0. The summed E-state index contributed by atoms with van der Waals surface area (Å²) in [4.78, 5) is 29.0. The van der Waals surface area contributed by atoms with E-state index in [0.29, 0.717) is 26.2 Å². The van der Waals surface area contributed by atoms with Crippen LogP contribution in [0.4, 0.5) is 13.2 Å². The number of piperazine rings is 1. The molecule has 0 N–H and O–H groups in total. The SMILES string of the molecule is CC(=O)N1CCN(C(=O)C(C)N(C)Cc2ccccc2C(F)(F)F)CC1. The third-order valence-corrected chi connectivity index (χ3v) is 4.80. The van der Waals surface area contributed by atoms with Crippen molar-refractivity contribution in [1.29, 1.82) is 0 Å². The first kappa shape index (κ1) is 20.2. The van der Waals surface area contributed by atoms with Gasteiger partial charge in [-0.25, -0.2) is 0 Å². The molecule has 2 amide bonds. The van der Waals surface area contributed by atoms with Gasteiger partial charge in [0.25, 0.3) is 0 Å². The second-order valence-electron chi connectivity index (χ2n) is 6.58. The van der Waals surface area contributed by atoms with Crippen molar-refractivity contribution in [3.05, 3.63) is 35.4 Å². The van der Waals surface area contributed by atoms with Crippen LogP contribution in [0.1, 0.15) is 25.0 Å². The molecule has 0 aliphatic carbocycles. The molecule has 2 rings (SSSR count). The molecular formula is C18H24F3N3O2. The number of halogens is 3. The van der Waals surface area contributed by atoms with Gasteiger partial charge in [-0.2, -0.15) is 13.2 Å². The molecule has 1 fully saturated rings. The van der Waals surface area contributed by atoms with E-state index >= 15 is 0 Å². The van der Waals surface area contributed by atoms with Crippen LogP contribution in [0.15, 0.2) is 24.3 Å². The summed E-state index contributed by atoms with van der Waals surface area (Å²) in [5.41, 5.74) is -0.537. The molecule has 1 aromatic carbocycles. The summed E-state index contributed by atoms with van der Waals surface area (Å²) in [5, 5.41) is 0. The van der Waals surface area contributed by atoms with Gasteiger partial charge in [-0.3, -0.25) is 14.5 Å². The summed E-state index contributed by atoms with van der Waals surface area (Å²) in [6.07, 6.45) is -4.42. The van der Waals surface area contributed by atoms with Gasteiger partial charge >= 0.3 is 6.18 Å². The fraction of sp³-hybridized carbons (Fsp3) is 0.556. The average molecular weight is 371 g/mol. The van der Waals surface area contributed by atoms with Crippen molar-refractivity contribution in [3.8, 4) is 0 Å². The normalized spacial score (nSPS) is 16.7. The number of nitrogens with zero attached hydrogens (tertiary/aromatic N) is 3. The second kappa shape index (κ2) is 8.07. The molecular weight excluding hydrogens is 347 g/mol. The van der Waals surface area contributed by atoms with E-state index in [-0.39, 0.29) is 23.9 Å². The van der Waals surface area contributed by atoms with Gasteiger partial charge < -0.3 is 9.80 Å². The molecule has 0 saturated carbocycles. The first-order chi connectivity index (χ1) is 12.1. The largest absolute Gasteiger partial charge is 0.416 e. The summed E-state index contributed by atoms with van der Waals surface area (Å²) >= 11 is 0. The van der Waals surface area contributed by atoms with E-state index < -0.39 is 17.8 Å². The minimum Gasteiger partial charge on any atom is -0.339 e. The highest BCUT2D eigenvalue weighted by Crippen LogP contribution is 2.32. The van der Waals surface area contributed by atoms with Gasteiger partial charge in [0, 0.05) is 39.6 Å². The number of alkyl halides is 3. The first-order valence-electron chi connectivity index (χ1n) is 8.51. The van der Waals surface area contributed by atoms with Crippen molar-refractivity contribution in [2.45, 2.75) is 32.6 Å². The van der Waals surface area contributed by atoms with E-state index in [2.05, 4.69) is 0 Å². The molecule has 0 spiro atoms. The molecule has 1 aliphatic heterocycles. The van der Waals surface area contributed by atoms with Crippen LogP contribution in [0.2, 0.25) is 0 Å². The van der Waals surface area contributed by atoms with Crippen LogP contribution in [0, 0.1) is 0 Å². The fourth-order valence-electron chi connectivity index (χ4n) is 3.03. The molecule has 1 atom stereocenters. The van der Waals surface area contributed by atoms with Gasteiger partial charge in [-0.05, 0) is 25.6 Å². The van der Waals surface area contributed by atoms with Crippen LogP contribution in [0.5, 0.6) is 0 Å². The zero-order chi connectivity index (χ0) is 19.5. The highest BCUT2D eigenvalue weighted by molar-refractivity contribution is 5.82. The van der Waals surface area contributed by atoms with Crippen LogP contribution >= 0.6 is 0 Å². The number of carbonyl (C=O) groups is 2. The third kappa shape index (κ3) is 4.75. The predicted octanol–water partition coefficient (Wildman–Crippen LogP) is 2.22. The van der Waals surface area contributed by atoms with E-state index in [9.17, 15) is 22.8 Å². The van der Waals surface area contributed by atoms with Crippen molar-refractivity contribution < 1.29 is 22.8 Å². The van der Waals surface area contributed by atoms with Crippen molar-refractivity contribution in [3.63, 3.8) is 0 Å². The van der Waals surface area contributed by atoms with Gasteiger partial charge in [0.1, 0.15) is 0 Å². The minimum atomic E-state index is -4.42. The van der Waals surface area contributed by atoms with Crippen LogP contribution < -0.4 is 0 Å². The van der Waals surface area contributed by atoms with Gasteiger partial charge in [0.05, 0.1) is 11.6 Å². The van der Waals surface area contributed by atoms with Crippen molar-refractivity contribution in [2.75, 3.05) is 33.2 Å². The molecule has 8 heteroatoms. The van der Waals surface area contributed by atoms with Crippen molar-refractivity contribution in [1.82, 2.24) is 14.7 Å². The Kier molecular flexibility index (Phi) is 6.28. The monoisotopic (exact) mass is 371 g/mol. The summed E-state index contributed by atoms with van der Waals surface area (Å²) in [7, 11) is 1.64. The lowest BCUT2D eigenvalue weighted by Crippen LogP contribution is -2.54. The van der Waals surface area contributed by atoms with Gasteiger partial charge in [0.2, 0.25) is 11.8 Å². The molecule has 1 aromatic rings. The maximum absolute atomic E-state index is 13.1. The lowest BCUT2D eigenvalue weighted by molar-refractivity contribution is -0.142. The average Bonchev–Trinajstić information content (AvgIpc) is 2.60. The molecule has 1 unspecified atom stereocenters. The van der Waals surface area contributed by atoms with Crippen LogP contribution in [-0.4, -0.2) is 65.8 Å². The Morgan fingerprint density at radius 3 is 2.19 bits per heavy atom. The summed E-state index contributed by atoms with van der Waals surface area (Å²) in [6, 6.07) is 4.85. The number of rotatable bonds is 4. The van der Waals surface area contributed by atoms with E-state index in [0.717, 1.165) is 6.07 Å². The van der Waals surface area contributed by atoms with E-state index in [1.54, 1.807) is 34.7 Å². The van der Waals surface area contributed by atoms with Gasteiger partial charge in [-0.1, -0.05) is 18.2 Å². The van der Waals surface area contributed by atoms with Crippen LogP contribution in [0.3, 0.4) is 0 Å². The molecule has 1 heterocycles. The van der Waals surface area contributed by atoms with Crippen LogP contribution in [-0.2, 0) is 22.3 Å². The Balaban J connectivity index is 2.01. The topological polar surface area (TPSA) is 43.9 Å². The molecule has 0 bridgehead atoms. The number of carbonyl (C=O) groups excluding carboxylic acids is 2. The summed E-state index contributed by atoms with van der Waals surface area (Å²) < 4.78 is 39.4. The Bertz CT molecular complexity index is 655. The van der Waals surface area contributed by atoms with Gasteiger partial charge in [0.15, 0.2) is 0 Å². The Labute approximate surface area is 151 Å². The van der Waals surface area contributed by atoms with E-state index in [1.165, 1.54) is 19.1 Å². The molecule has 26 heavy (non-hydrogen) atoms. The standard InChI is InChI=1S/C18H24F3N3O2/c1-13(17(26)24-10-8-23(9-11-24)14(2)25)22(3)12-15-6-4-5-7-16(15)18(19,20)21/h4-7,13H,8-12H2,1-3H3. The smallest absolute Gasteiger partial charge is 0.339 e. The van der Waals surface area contributed by atoms with E-state index in [4.69, 9.17) is 0 Å². The van der Waals surface area contributed by atoms with E-state index in [1.807, 2.05) is 0 Å². The predicted molar refractivity (Wildman–Crippen MR) is 91.2 cm³/mol. The van der Waals surface area contributed by atoms with Crippen LogP contribution in [0.25, 0.3) is 0 Å². The molecule has 0 radical (unpaired) electrons. The lowest BCUT2D eigenvalue weighted by Gasteiger charge is -2.37. The second-order valence-corrected chi connectivity index (χ2v) is 6.58.